The Bertz CT molecular complexity index is 649. The van der Waals surface area contributed by atoms with Crippen LogP contribution in [0.2, 0.25) is 5.02 Å². The van der Waals surface area contributed by atoms with Crippen LogP contribution in [0.3, 0.4) is 0 Å². The van der Waals surface area contributed by atoms with E-state index < -0.39 is 17.7 Å². The molecule has 0 aliphatic heterocycles. The lowest BCUT2D eigenvalue weighted by Crippen LogP contribution is -2.30. The molecule has 106 valence electrons. The molecule has 6 heteroatoms. The molecule has 0 amide bonds. The zero-order valence-corrected chi connectivity index (χ0v) is 12.9. The van der Waals surface area contributed by atoms with Gasteiger partial charge in [-0.2, -0.15) is 0 Å². The average molecular weight is 362 g/mol. The zero-order valence-electron chi connectivity index (χ0n) is 10.6. The van der Waals surface area contributed by atoms with E-state index >= 15 is 0 Å². The highest BCUT2D eigenvalue weighted by molar-refractivity contribution is 9.10. The Balaban J connectivity index is 2.58. The van der Waals surface area contributed by atoms with Crippen molar-refractivity contribution in [3.63, 3.8) is 0 Å². The van der Waals surface area contributed by atoms with Crippen LogP contribution in [-0.4, -0.2) is 0 Å². The van der Waals surface area contributed by atoms with E-state index in [1.165, 1.54) is 12.1 Å². The van der Waals surface area contributed by atoms with Gasteiger partial charge in [-0.3, -0.25) is 5.84 Å². The van der Waals surface area contributed by atoms with Gasteiger partial charge >= 0.3 is 0 Å². The fourth-order valence-electron chi connectivity index (χ4n) is 1.98. The van der Waals surface area contributed by atoms with Crippen LogP contribution >= 0.6 is 27.5 Å². The third-order valence-electron chi connectivity index (χ3n) is 3.05. The first kappa shape index (κ1) is 15.4. The molecule has 0 aromatic heterocycles. The Morgan fingerprint density at radius 1 is 1.25 bits per heavy atom. The second kappa shape index (κ2) is 6.18. The molecule has 0 saturated heterocycles. The van der Waals surface area contributed by atoms with Gasteiger partial charge in [0.15, 0.2) is 0 Å². The number of aryl methyl sites for hydroxylation is 1. The minimum Gasteiger partial charge on any atom is -0.271 e. The molecule has 0 aliphatic rings. The fourth-order valence-corrected chi connectivity index (χ4v) is 2.50. The van der Waals surface area contributed by atoms with Crippen LogP contribution in [0.25, 0.3) is 0 Å². The standard InChI is InChI=1S/C14H12BrClF2N2/c1-7-2-5-11(17)12(13(7)18)14(20-19)8-3-4-10(16)9(15)6-8/h2-6,14,20H,19H2,1H3. The highest BCUT2D eigenvalue weighted by atomic mass is 79.9. The minimum absolute atomic E-state index is 0.110. The summed E-state index contributed by atoms with van der Waals surface area (Å²) in [5, 5.41) is 0.509. The van der Waals surface area contributed by atoms with E-state index in [1.54, 1.807) is 25.1 Å². The van der Waals surface area contributed by atoms with Crippen LogP contribution in [0.1, 0.15) is 22.7 Å². The summed E-state index contributed by atoms with van der Waals surface area (Å²) < 4.78 is 28.8. The molecule has 1 atom stereocenters. The molecule has 20 heavy (non-hydrogen) atoms. The third-order valence-corrected chi connectivity index (χ3v) is 4.27. The van der Waals surface area contributed by atoms with Gasteiger partial charge in [-0.05, 0) is 52.2 Å². The van der Waals surface area contributed by atoms with Crippen molar-refractivity contribution in [2.45, 2.75) is 13.0 Å². The Labute approximate surface area is 129 Å². The largest absolute Gasteiger partial charge is 0.271 e. The summed E-state index contributed by atoms with van der Waals surface area (Å²) in [5.41, 5.74) is 3.30. The van der Waals surface area contributed by atoms with Gasteiger partial charge in [0.1, 0.15) is 11.6 Å². The summed E-state index contributed by atoms with van der Waals surface area (Å²) in [5.74, 6) is 4.22. The number of nitrogens with two attached hydrogens (primary N) is 1. The van der Waals surface area contributed by atoms with Crippen LogP contribution in [0.5, 0.6) is 0 Å². The molecule has 3 N–H and O–H groups in total. The molecule has 0 aliphatic carbocycles. The minimum atomic E-state index is -0.802. The topological polar surface area (TPSA) is 38.0 Å². The quantitative estimate of drug-likeness (QED) is 0.634. The lowest BCUT2D eigenvalue weighted by atomic mass is 9.96. The highest BCUT2D eigenvalue weighted by Crippen LogP contribution is 2.31. The van der Waals surface area contributed by atoms with Gasteiger partial charge in [0.25, 0.3) is 0 Å². The van der Waals surface area contributed by atoms with E-state index in [4.69, 9.17) is 17.4 Å². The predicted molar refractivity (Wildman–Crippen MR) is 79.4 cm³/mol. The SMILES string of the molecule is Cc1ccc(F)c(C(NN)c2ccc(Cl)c(Br)c2)c1F. The maximum atomic E-state index is 14.2. The van der Waals surface area contributed by atoms with E-state index in [0.29, 0.717) is 20.6 Å². The van der Waals surface area contributed by atoms with Gasteiger partial charge in [0, 0.05) is 10.0 Å². The van der Waals surface area contributed by atoms with Crippen LogP contribution in [0, 0.1) is 18.6 Å². The molecule has 0 radical (unpaired) electrons. The maximum absolute atomic E-state index is 14.2. The van der Waals surface area contributed by atoms with E-state index in [0.717, 1.165) is 0 Å². The molecule has 0 heterocycles. The fraction of sp³-hybridized carbons (Fsp3) is 0.143. The summed E-state index contributed by atoms with van der Waals surface area (Å²) >= 11 is 9.20. The van der Waals surface area contributed by atoms with Crippen molar-refractivity contribution in [1.82, 2.24) is 5.43 Å². The molecule has 2 nitrogen and oxygen atoms in total. The van der Waals surface area contributed by atoms with Crippen LogP contribution in [0.15, 0.2) is 34.8 Å². The first-order chi connectivity index (χ1) is 9.45. The first-order valence-electron chi connectivity index (χ1n) is 5.81. The molecule has 0 bridgehead atoms. The van der Waals surface area contributed by atoms with Gasteiger partial charge in [-0.15, -0.1) is 0 Å². The Morgan fingerprint density at radius 3 is 2.55 bits per heavy atom. The molecule has 0 saturated carbocycles. The van der Waals surface area contributed by atoms with Gasteiger partial charge in [-0.25, -0.2) is 14.2 Å². The Morgan fingerprint density at radius 2 is 1.95 bits per heavy atom. The zero-order chi connectivity index (χ0) is 14.9. The summed E-state index contributed by atoms with van der Waals surface area (Å²) in [4.78, 5) is 0. The van der Waals surface area contributed by atoms with Crippen LogP contribution in [-0.2, 0) is 0 Å². The van der Waals surface area contributed by atoms with Gasteiger partial charge < -0.3 is 0 Å². The number of hydrazine groups is 1. The molecule has 2 aromatic rings. The monoisotopic (exact) mass is 360 g/mol. The summed E-state index contributed by atoms with van der Waals surface area (Å²) in [7, 11) is 0. The lowest BCUT2D eigenvalue weighted by Gasteiger charge is -2.19. The second-order valence-corrected chi connectivity index (χ2v) is 5.63. The van der Waals surface area contributed by atoms with Crippen LogP contribution < -0.4 is 11.3 Å². The number of rotatable bonds is 3. The van der Waals surface area contributed by atoms with Gasteiger partial charge in [-0.1, -0.05) is 23.7 Å². The normalized spacial score (nSPS) is 12.5. The Kier molecular flexibility index (Phi) is 4.75. The van der Waals surface area contributed by atoms with E-state index in [9.17, 15) is 8.78 Å². The van der Waals surface area contributed by atoms with Crippen molar-refractivity contribution in [3.8, 4) is 0 Å². The van der Waals surface area contributed by atoms with Crippen molar-refractivity contribution in [3.05, 3.63) is 68.2 Å². The molecule has 2 aromatic carbocycles. The third kappa shape index (κ3) is 2.86. The molecule has 0 spiro atoms. The Hall–Kier alpha value is -1.01. The molecule has 2 rings (SSSR count). The van der Waals surface area contributed by atoms with Crippen molar-refractivity contribution in [2.75, 3.05) is 0 Å². The molecule has 1 unspecified atom stereocenters. The van der Waals surface area contributed by atoms with Crippen molar-refractivity contribution < 1.29 is 8.78 Å². The number of hydrogen-bond acceptors (Lipinski definition) is 2. The van der Waals surface area contributed by atoms with Gasteiger partial charge in [0.2, 0.25) is 0 Å². The molecular formula is C14H12BrClF2N2. The molecule has 0 fully saturated rings. The first-order valence-corrected chi connectivity index (χ1v) is 6.98. The second-order valence-electron chi connectivity index (χ2n) is 4.37. The van der Waals surface area contributed by atoms with Gasteiger partial charge in [0.05, 0.1) is 11.1 Å². The summed E-state index contributed by atoms with van der Waals surface area (Å²) in [6.07, 6.45) is 0. The van der Waals surface area contributed by atoms with Crippen molar-refractivity contribution in [2.24, 2.45) is 5.84 Å². The predicted octanol–water partition coefficient (Wildman–Crippen LogP) is 4.24. The number of nitrogens with one attached hydrogen (secondary N) is 1. The van der Waals surface area contributed by atoms with Crippen molar-refractivity contribution in [1.29, 1.82) is 0 Å². The smallest absolute Gasteiger partial charge is 0.134 e. The highest BCUT2D eigenvalue weighted by Gasteiger charge is 2.22. The van der Waals surface area contributed by atoms with E-state index in [1.807, 2.05) is 0 Å². The maximum Gasteiger partial charge on any atom is 0.134 e. The van der Waals surface area contributed by atoms with E-state index in [-0.39, 0.29) is 5.56 Å². The molecular weight excluding hydrogens is 350 g/mol. The average Bonchev–Trinajstić information content (AvgIpc) is 2.42. The van der Waals surface area contributed by atoms with E-state index in [2.05, 4.69) is 21.4 Å². The number of hydrogen-bond donors (Lipinski definition) is 2. The lowest BCUT2D eigenvalue weighted by molar-refractivity contribution is 0.506. The van der Waals surface area contributed by atoms with Crippen molar-refractivity contribution >= 4 is 27.5 Å². The summed E-state index contributed by atoms with van der Waals surface area (Å²) in [6, 6.07) is 6.79. The number of benzene rings is 2. The summed E-state index contributed by atoms with van der Waals surface area (Å²) in [6.45, 7) is 1.57. The van der Waals surface area contributed by atoms with Crippen LogP contribution in [0.4, 0.5) is 8.78 Å². The number of halogens is 4.